The Hall–Kier alpha value is -0.380. The summed E-state index contributed by atoms with van der Waals surface area (Å²) in [7, 11) is 1.31. The monoisotopic (exact) mass is 472 g/mol. The maximum atomic E-state index is 11.4. The van der Waals surface area contributed by atoms with Crippen LogP contribution in [0.25, 0.3) is 0 Å². The van der Waals surface area contributed by atoms with Gasteiger partial charge in [0, 0.05) is 8.04 Å². The Kier molecular flexibility index (Phi) is 5.04. The molecule has 0 bridgehead atoms. The summed E-state index contributed by atoms with van der Waals surface area (Å²) < 4.78 is 6.62. The van der Waals surface area contributed by atoms with Crippen molar-refractivity contribution in [3.8, 4) is 0 Å². The van der Waals surface area contributed by atoms with Crippen LogP contribution in [-0.4, -0.2) is 18.1 Å². The summed E-state index contributed by atoms with van der Waals surface area (Å²) in [4.78, 5) is 15.8. The second-order valence-electron chi connectivity index (χ2n) is 3.38. The minimum Gasteiger partial charge on any atom is -0.465 e. The molecule has 0 saturated heterocycles. The van der Waals surface area contributed by atoms with Crippen molar-refractivity contribution >= 4 is 78.2 Å². The van der Waals surface area contributed by atoms with Gasteiger partial charge in [-0.2, -0.15) is 0 Å². The SMILES string of the molecule is COC(=O)c1sc(Nc2cc(I)ccc2Br)nc1Cl. The Labute approximate surface area is 140 Å². The fraction of sp³-hybridized carbons (Fsp3) is 0.0909. The molecule has 0 radical (unpaired) electrons. The van der Waals surface area contributed by atoms with Gasteiger partial charge in [-0.15, -0.1) is 0 Å². The fourth-order valence-electron chi connectivity index (χ4n) is 1.28. The molecule has 8 heteroatoms. The third kappa shape index (κ3) is 3.59. The molecule has 100 valence electrons. The molecule has 0 amide bonds. The zero-order valence-electron chi connectivity index (χ0n) is 9.54. The number of aromatic nitrogens is 1. The first-order valence-corrected chi connectivity index (χ1v) is 8.04. The Morgan fingerprint density at radius 2 is 2.32 bits per heavy atom. The number of methoxy groups -OCH3 is 1. The third-order valence-electron chi connectivity index (χ3n) is 2.13. The number of carbonyl (C=O) groups is 1. The number of ether oxygens (including phenoxy) is 1. The van der Waals surface area contributed by atoms with Gasteiger partial charge in [-0.1, -0.05) is 22.9 Å². The molecule has 0 aliphatic rings. The van der Waals surface area contributed by atoms with Crippen LogP contribution in [0.5, 0.6) is 0 Å². The molecule has 1 heterocycles. The minimum atomic E-state index is -0.489. The maximum absolute atomic E-state index is 11.4. The van der Waals surface area contributed by atoms with Crippen LogP contribution >= 0.6 is 61.5 Å². The number of benzene rings is 1. The lowest BCUT2D eigenvalue weighted by Gasteiger charge is -2.05. The first-order chi connectivity index (χ1) is 9.01. The van der Waals surface area contributed by atoms with E-state index in [1.165, 1.54) is 7.11 Å². The van der Waals surface area contributed by atoms with Gasteiger partial charge in [-0.3, -0.25) is 0 Å². The van der Waals surface area contributed by atoms with Crippen LogP contribution in [0.2, 0.25) is 5.15 Å². The van der Waals surface area contributed by atoms with E-state index in [1.54, 1.807) is 0 Å². The van der Waals surface area contributed by atoms with Crippen LogP contribution in [0.4, 0.5) is 10.8 Å². The van der Waals surface area contributed by atoms with Gasteiger partial charge in [0.15, 0.2) is 15.2 Å². The molecule has 2 aromatic rings. The van der Waals surface area contributed by atoms with E-state index in [-0.39, 0.29) is 10.0 Å². The summed E-state index contributed by atoms with van der Waals surface area (Å²) in [6.45, 7) is 0. The normalized spacial score (nSPS) is 10.3. The van der Waals surface area contributed by atoms with Crippen molar-refractivity contribution in [3.63, 3.8) is 0 Å². The molecule has 2 rings (SSSR count). The van der Waals surface area contributed by atoms with Crippen molar-refractivity contribution in [2.24, 2.45) is 0 Å². The molecule has 1 N–H and O–H groups in total. The number of hydrogen-bond donors (Lipinski definition) is 1. The van der Waals surface area contributed by atoms with E-state index in [0.717, 1.165) is 25.1 Å². The fourth-order valence-corrected chi connectivity index (χ4v) is 3.23. The highest BCUT2D eigenvalue weighted by Gasteiger charge is 2.17. The van der Waals surface area contributed by atoms with Gasteiger partial charge in [-0.25, -0.2) is 9.78 Å². The van der Waals surface area contributed by atoms with Gasteiger partial charge in [0.25, 0.3) is 0 Å². The van der Waals surface area contributed by atoms with Crippen molar-refractivity contribution in [1.82, 2.24) is 4.98 Å². The highest BCUT2D eigenvalue weighted by Crippen LogP contribution is 2.32. The molecule has 0 spiro atoms. The molecule has 0 saturated carbocycles. The molecule has 0 fully saturated rings. The number of hydrogen-bond acceptors (Lipinski definition) is 5. The van der Waals surface area contributed by atoms with E-state index < -0.39 is 5.97 Å². The van der Waals surface area contributed by atoms with Gasteiger partial charge >= 0.3 is 5.97 Å². The van der Waals surface area contributed by atoms with Gasteiger partial charge in [-0.05, 0) is 56.7 Å². The summed E-state index contributed by atoms with van der Waals surface area (Å²) in [5.74, 6) is -0.489. The van der Waals surface area contributed by atoms with E-state index >= 15 is 0 Å². The Morgan fingerprint density at radius 1 is 1.58 bits per heavy atom. The second kappa shape index (κ2) is 6.38. The Bertz CT molecular complexity index is 635. The zero-order chi connectivity index (χ0) is 14.0. The van der Waals surface area contributed by atoms with Crippen molar-refractivity contribution < 1.29 is 9.53 Å². The van der Waals surface area contributed by atoms with Gasteiger partial charge in [0.1, 0.15) is 0 Å². The van der Waals surface area contributed by atoms with Crippen LogP contribution in [0.1, 0.15) is 9.67 Å². The molecule has 0 atom stereocenters. The van der Waals surface area contributed by atoms with Gasteiger partial charge in [0.2, 0.25) is 0 Å². The van der Waals surface area contributed by atoms with E-state index in [2.05, 4.69) is 53.6 Å². The lowest BCUT2D eigenvalue weighted by atomic mass is 10.3. The van der Waals surface area contributed by atoms with Crippen molar-refractivity contribution in [1.29, 1.82) is 0 Å². The average Bonchev–Trinajstić information content (AvgIpc) is 2.74. The van der Waals surface area contributed by atoms with Crippen molar-refractivity contribution in [2.45, 2.75) is 0 Å². The lowest BCUT2D eigenvalue weighted by molar-refractivity contribution is 0.0606. The molecule has 1 aromatic heterocycles. The first-order valence-electron chi connectivity index (χ1n) is 4.98. The van der Waals surface area contributed by atoms with Crippen molar-refractivity contribution in [3.05, 3.63) is 36.3 Å². The molecule has 0 aliphatic heterocycles. The summed E-state index contributed by atoms with van der Waals surface area (Å²) in [6.07, 6.45) is 0. The molecule has 19 heavy (non-hydrogen) atoms. The van der Waals surface area contributed by atoms with E-state index in [0.29, 0.717) is 5.13 Å². The smallest absolute Gasteiger partial charge is 0.351 e. The Balaban J connectivity index is 2.29. The van der Waals surface area contributed by atoms with E-state index in [4.69, 9.17) is 11.6 Å². The van der Waals surface area contributed by atoms with Crippen LogP contribution in [0.15, 0.2) is 22.7 Å². The summed E-state index contributed by atoms with van der Waals surface area (Å²) in [5, 5.41) is 3.79. The second-order valence-corrected chi connectivity index (χ2v) is 6.84. The van der Waals surface area contributed by atoms with Crippen LogP contribution in [0, 0.1) is 3.57 Å². The van der Waals surface area contributed by atoms with Gasteiger partial charge < -0.3 is 10.1 Å². The number of carbonyl (C=O) groups excluding carboxylic acids is 1. The molecule has 0 aliphatic carbocycles. The standard InChI is InChI=1S/C11H7BrClIN2O2S/c1-18-10(17)8-9(13)16-11(19-8)15-7-4-5(14)2-3-6(7)12/h2-4H,1H3,(H,15,16). The average molecular weight is 474 g/mol. The minimum absolute atomic E-state index is 0.140. The first kappa shape index (κ1) is 15.0. The quantitative estimate of drug-likeness (QED) is 0.519. The molecular weight excluding hydrogens is 466 g/mol. The number of nitrogens with zero attached hydrogens (tertiary/aromatic N) is 1. The topological polar surface area (TPSA) is 51.2 Å². The van der Waals surface area contributed by atoms with E-state index in [1.807, 2.05) is 18.2 Å². The Morgan fingerprint density at radius 3 is 3.00 bits per heavy atom. The molecule has 1 aromatic carbocycles. The maximum Gasteiger partial charge on any atom is 0.351 e. The number of anilines is 2. The van der Waals surface area contributed by atoms with Crippen LogP contribution in [-0.2, 0) is 4.74 Å². The molecule has 0 unspecified atom stereocenters. The van der Waals surface area contributed by atoms with Crippen LogP contribution < -0.4 is 5.32 Å². The summed E-state index contributed by atoms with van der Waals surface area (Å²) in [6, 6.07) is 5.86. The van der Waals surface area contributed by atoms with Crippen molar-refractivity contribution in [2.75, 3.05) is 12.4 Å². The molecule has 4 nitrogen and oxygen atoms in total. The highest BCUT2D eigenvalue weighted by atomic mass is 127. The largest absolute Gasteiger partial charge is 0.465 e. The number of esters is 1. The number of rotatable bonds is 3. The zero-order valence-corrected chi connectivity index (χ0v) is 14.9. The summed E-state index contributed by atoms with van der Waals surface area (Å²) >= 11 is 12.7. The number of thiazole rings is 1. The predicted octanol–water partition coefficient (Wildman–Crippen LogP) is 4.69. The van der Waals surface area contributed by atoms with Gasteiger partial charge in [0.05, 0.1) is 12.8 Å². The molecular formula is C11H7BrClIN2O2S. The predicted molar refractivity (Wildman–Crippen MR) is 88.6 cm³/mol. The number of halogens is 3. The highest BCUT2D eigenvalue weighted by molar-refractivity contribution is 14.1. The lowest BCUT2D eigenvalue weighted by Crippen LogP contribution is -1.98. The van der Waals surface area contributed by atoms with Crippen LogP contribution in [0.3, 0.4) is 0 Å². The number of nitrogens with one attached hydrogen (secondary N) is 1. The summed E-state index contributed by atoms with van der Waals surface area (Å²) in [5.41, 5.74) is 0.855. The van der Waals surface area contributed by atoms with E-state index in [9.17, 15) is 4.79 Å². The third-order valence-corrected chi connectivity index (χ3v) is 4.83.